The van der Waals surface area contributed by atoms with Gasteiger partial charge in [-0.1, -0.05) is 13.0 Å². The number of aliphatic hydroxyl groups excluding tert-OH is 2. The number of piperidine rings is 1. The number of ketones is 2. The number of hydrogen-bond donors (Lipinski definition) is 5. The van der Waals surface area contributed by atoms with Crippen LogP contribution in [0.15, 0.2) is 29.0 Å². The van der Waals surface area contributed by atoms with Gasteiger partial charge in [-0.2, -0.15) is 0 Å². The molecule has 0 spiro atoms. The van der Waals surface area contributed by atoms with Gasteiger partial charge in [-0.25, -0.2) is 0 Å². The van der Waals surface area contributed by atoms with Crippen LogP contribution in [-0.4, -0.2) is 86.5 Å². The normalized spacial score (nSPS) is 30.4. The molecule has 4 aliphatic rings. The van der Waals surface area contributed by atoms with Crippen molar-refractivity contribution in [3.8, 4) is 5.75 Å². The summed E-state index contributed by atoms with van der Waals surface area (Å²) in [4.78, 5) is 43.0. The van der Waals surface area contributed by atoms with Gasteiger partial charge in [0.2, 0.25) is 5.78 Å². The third-order valence-corrected chi connectivity index (χ3v) is 8.97. The highest BCUT2D eigenvalue weighted by Crippen LogP contribution is 2.53. The van der Waals surface area contributed by atoms with Gasteiger partial charge in [0, 0.05) is 18.0 Å². The fourth-order valence-corrected chi connectivity index (χ4v) is 6.92. The number of rotatable bonds is 4. The van der Waals surface area contributed by atoms with Gasteiger partial charge in [-0.15, -0.1) is 0 Å². The number of Topliss-reactive ketones (excluding diaryl/α,β-unsaturated/α-hetero) is 2. The Labute approximate surface area is 221 Å². The van der Waals surface area contributed by atoms with Crippen LogP contribution in [0.3, 0.4) is 0 Å². The van der Waals surface area contributed by atoms with Crippen molar-refractivity contribution in [2.45, 2.75) is 50.8 Å². The van der Waals surface area contributed by atoms with Crippen molar-refractivity contribution in [2.24, 2.45) is 23.5 Å². The molecule has 10 nitrogen and oxygen atoms in total. The van der Waals surface area contributed by atoms with Gasteiger partial charge in [0.25, 0.3) is 5.91 Å². The lowest BCUT2D eigenvalue weighted by Crippen LogP contribution is -2.65. The van der Waals surface area contributed by atoms with E-state index in [-0.39, 0.29) is 23.3 Å². The predicted octanol–water partition coefficient (Wildman–Crippen LogP) is 1.20. The molecule has 204 valence electrons. The zero-order valence-electron chi connectivity index (χ0n) is 21.9. The summed E-state index contributed by atoms with van der Waals surface area (Å²) >= 11 is 0. The van der Waals surface area contributed by atoms with Gasteiger partial charge in [0.15, 0.2) is 11.4 Å². The Hall–Kier alpha value is -3.21. The smallest absolute Gasteiger partial charge is 0.255 e. The van der Waals surface area contributed by atoms with Crippen molar-refractivity contribution in [2.75, 3.05) is 27.2 Å². The van der Waals surface area contributed by atoms with Crippen LogP contribution < -0.4 is 5.73 Å². The van der Waals surface area contributed by atoms with Crippen molar-refractivity contribution < 1.29 is 34.8 Å². The average molecular weight is 526 g/mol. The monoisotopic (exact) mass is 525 g/mol. The number of primary amides is 1. The van der Waals surface area contributed by atoms with E-state index in [1.165, 1.54) is 11.0 Å². The molecule has 2 fully saturated rings. The lowest BCUT2D eigenvalue weighted by atomic mass is 9.57. The second kappa shape index (κ2) is 9.21. The largest absolute Gasteiger partial charge is 0.508 e. The molecule has 0 bridgehead atoms. The Kier molecular flexibility index (Phi) is 6.40. The Bertz CT molecular complexity index is 1290. The molecule has 38 heavy (non-hydrogen) atoms. The number of aliphatic hydroxyl groups is 3. The molecule has 1 saturated heterocycles. The molecule has 1 heterocycles. The maximum absolute atomic E-state index is 13.9. The average Bonchev–Trinajstić information content (AvgIpc) is 2.84. The molecule has 0 radical (unpaired) electrons. The number of nitrogens with two attached hydrogens (primary N) is 1. The highest BCUT2D eigenvalue weighted by Gasteiger charge is 2.64. The number of likely N-dealkylation sites (tertiary alicyclic amines) is 1. The summed E-state index contributed by atoms with van der Waals surface area (Å²) in [5.41, 5.74) is 3.61. The first-order chi connectivity index (χ1) is 17.9. The fraction of sp³-hybridized carbons (Fsp3) is 0.536. The van der Waals surface area contributed by atoms with Gasteiger partial charge in [-0.05, 0) is 81.9 Å². The number of phenols is 1. The Morgan fingerprint density at radius 2 is 1.82 bits per heavy atom. The highest BCUT2D eigenvalue weighted by atomic mass is 16.3. The number of nitrogens with zero attached hydrogens (tertiary/aromatic N) is 2. The number of amides is 1. The van der Waals surface area contributed by atoms with E-state index in [0.29, 0.717) is 18.9 Å². The summed E-state index contributed by atoms with van der Waals surface area (Å²) in [6.07, 6.45) is 2.58. The first-order valence-electron chi connectivity index (χ1n) is 13.1. The Morgan fingerprint density at radius 3 is 2.42 bits per heavy atom. The molecular formula is C28H35N3O7. The third-order valence-electron chi connectivity index (χ3n) is 8.97. The lowest BCUT2D eigenvalue weighted by Gasteiger charge is -2.50. The highest BCUT2D eigenvalue weighted by molar-refractivity contribution is 6.24. The van der Waals surface area contributed by atoms with Crippen LogP contribution in [0.2, 0.25) is 0 Å². The zero-order chi connectivity index (χ0) is 27.7. The van der Waals surface area contributed by atoms with Gasteiger partial charge in [0.1, 0.15) is 22.8 Å². The van der Waals surface area contributed by atoms with Crippen LogP contribution in [0, 0.1) is 17.8 Å². The van der Waals surface area contributed by atoms with Crippen molar-refractivity contribution >= 4 is 23.2 Å². The van der Waals surface area contributed by atoms with E-state index in [1.807, 2.05) is 6.07 Å². The van der Waals surface area contributed by atoms with E-state index in [2.05, 4.69) is 11.8 Å². The van der Waals surface area contributed by atoms with Crippen LogP contribution >= 0.6 is 0 Å². The number of aromatic hydroxyl groups is 1. The third kappa shape index (κ3) is 3.77. The van der Waals surface area contributed by atoms with Crippen molar-refractivity contribution in [3.05, 3.63) is 45.7 Å². The molecule has 1 amide bonds. The molecule has 1 aromatic rings. The van der Waals surface area contributed by atoms with Gasteiger partial charge in [-0.3, -0.25) is 24.2 Å². The van der Waals surface area contributed by atoms with Gasteiger partial charge >= 0.3 is 0 Å². The van der Waals surface area contributed by atoms with E-state index in [4.69, 9.17) is 5.73 Å². The summed E-state index contributed by atoms with van der Waals surface area (Å²) in [5.74, 6) is -5.69. The van der Waals surface area contributed by atoms with E-state index < -0.39 is 58.0 Å². The molecule has 0 unspecified atom stereocenters. The van der Waals surface area contributed by atoms with Crippen LogP contribution in [0.5, 0.6) is 5.75 Å². The predicted molar refractivity (Wildman–Crippen MR) is 138 cm³/mol. The summed E-state index contributed by atoms with van der Waals surface area (Å²) in [5, 5.41) is 44.7. The van der Waals surface area contributed by atoms with Crippen molar-refractivity contribution in [3.63, 3.8) is 0 Å². The molecule has 1 saturated carbocycles. The Balaban J connectivity index is 1.62. The first-order valence-corrected chi connectivity index (χ1v) is 13.1. The number of likely N-dealkylation sites (N-methyl/N-ethyl adjacent to an activating group) is 1. The Morgan fingerprint density at radius 1 is 1.16 bits per heavy atom. The topological polar surface area (TPSA) is 165 Å². The van der Waals surface area contributed by atoms with E-state index in [1.54, 1.807) is 14.1 Å². The maximum atomic E-state index is 13.9. The summed E-state index contributed by atoms with van der Waals surface area (Å²) in [7, 11) is 3.17. The minimum atomic E-state index is -2.62. The van der Waals surface area contributed by atoms with E-state index in [0.717, 1.165) is 37.1 Å². The first kappa shape index (κ1) is 26.4. The minimum Gasteiger partial charge on any atom is -0.508 e. The number of benzene rings is 1. The van der Waals surface area contributed by atoms with Crippen molar-refractivity contribution in [1.29, 1.82) is 0 Å². The lowest BCUT2D eigenvalue weighted by molar-refractivity contribution is -0.153. The standard InChI is InChI=1S/C28H35N3O7/c1-13-6-8-31(9-7-13)12-14-4-5-18(32)20-16(14)10-15-11-17-22(30(2)3)24(34)21(27(29)37)26(36)28(17,38)25(35)19(15)23(20)33/h4-5,13,15,17,22,32-33,36,38H,6-12H2,1-3H3,(H2,29,37)/t15-,17-,22+,28-/m0/s1. The maximum Gasteiger partial charge on any atom is 0.255 e. The van der Waals surface area contributed by atoms with Crippen LogP contribution in [0.25, 0.3) is 5.76 Å². The molecule has 1 aliphatic heterocycles. The molecule has 6 N–H and O–H groups in total. The number of carbonyl (C=O) groups excluding carboxylic acids is 3. The van der Waals surface area contributed by atoms with Crippen LogP contribution in [0.1, 0.15) is 42.9 Å². The SMILES string of the molecule is CC1CCN(Cc2ccc(O)c3c2C[C@H]2C[C@H]4[C@@H](N(C)C)C(=O)C(C(N)=O)=C(O)[C@@]4(O)C(=O)C2=C3O)CC1. The minimum absolute atomic E-state index is 0.0854. The van der Waals surface area contributed by atoms with Gasteiger partial charge in [0.05, 0.1) is 11.6 Å². The molecular weight excluding hydrogens is 490 g/mol. The van der Waals surface area contributed by atoms with Crippen LogP contribution in [-0.2, 0) is 27.3 Å². The zero-order valence-corrected chi connectivity index (χ0v) is 21.9. The molecule has 10 heteroatoms. The summed E-state index contributed by atoms with van der Waals surface area (Å²) in [6.45, 7) is 4.76. The number of hydrogen-bond acceptors (Lipinski definition) is 9. The molecule has 5 rings (SSSR count). The quantitative estimate of drug-likeness (QED) is 0.363. The van der Waals surface area contributed by atoms with Crippen LogP contribution in [0.4, 0.5) is 0 Å². The van der Waals surface area contributed by atoms with Gasteiger partial charge < -0.3 is 26.2 Å². The number of phenolic OH excluding ortho intramolecular Hbond substituents is 1. The number of fused-ring (bicyclic) bond motifs is 3. The summed E-state index contributed by atoms with van der Waals surface area (Å²) in [6, 6.07) is 2.24. The molecule has 1 aromatic carbocycles. The van der Waals surface area contributed by atoms with Crippen molar-refractivity contribution in [1.82, 2.24) is 9.80 Å². The molecule has 4 atom stereocenters. The second-order valence-electron chi connectivity index (χ2n) is 11.5. The fourth-order valence-electron chi connectivity index (χ4n) is 6.92. The number of carbonyl (C=O) groups is 3. The molecule has 0 aromatic heterocycles. The molecule has 3 aliphatic carbocycles. The van der Waals surface area contributed by atoms with E-state index in [9.17, 15) is 34.8 Å². The van der Waals surface area contributed by atoms with E-state index >= 15 is 0 Å². The second-order valence-corrected chi connectivity index (χ2v) is 11.5. The summed E-state index contributed by atoms with van der Waals surface area (Å²) < 4.78 is 0.